The summed E-state index contributed by atoms with van der Waals surface area (Å²) in [5.41, 5.74) is 1.85. The van der Waals surface area contributed by atoms with Crippen LogP contribution in [0.5, 0.6) is 0 Å². The number of nitrogens with zero attached hydrogens (tertiary/aromatic N) is 2. The molecule has 0 atom stereocenters. The first-order valence-corrected chi connectivity index (χ1v) is 5.98. The predicted molar refractivity (Wildman–Crippen MR) is 71.2 cm³/mol. The number of aromatic nitrogens is 1. The third-order valence-corrected chi connectivity index (χ3v) is 2.87. The maximum Gasteiger partial charge on any atom is 0.256 e. The highest BCUT2D eigenvalue weighted by Crippen LogP contribution is 2.13. The van der Waals surface area contributed by atoms with Gasteiger partial charge in [0.05, 0.1) is 5.56 Å². The van der Waals surface area contributed by atoms with Gasteiger partial charge in [-0.3, -0.25) is 9.78 Å². The van der Waals surface area contributed by atoms with Crippen LogP contribution < -0.4 is 0 Å². The molecule has 3 nitrogen and oxygen atoms in total. The molecule has 1 heterocycles. The fourth-order valence-corrected chi connectivity index (χ4v) is 1.83. The summed E-state index contributed by atoms with van der Waals surface area (Å²) in [4.78, 5) is 17.6. The maximum absolute atomic E-state index is 13.7. The van der Waals surface area contributed by atoms with Crippen molar-refractivity contribution in [3.05, 3.63) is 65.2 Å². The molecule has 0 aliphatic carbocycles. The third-order valence-electron chi connectivity index (χ3n) is 2.87. The highest BCUT2D eigenvalue weighted by molar-refractivity contribution is 5.94. The molecule has 0 saturated heterocycles. The quantitative estimate of drug-likeness (QED) is 0.848. The standard InChI is InChI=1S/C15H15FN2O/c1-11-3-4-13(14(16)9-11)15(19)18(2)10-12-5-7-17-8-6-12/h3-9H,10H2,1-2H3. The number of carbonyl (C=O) groups is 1. The Morgan fingerprint density at radius 1 is 1.26 bits per heavy atom. The van der Waals surface area contributed by atoms with Gasteiger partial charge in [0, 0.05) is 26.0 Å². The average Bonchev–Trinajstić information content (AvgIpc) is 2.39. The Balaban J connectivity index is 2.15. The van der Waals surface area contributed by atoms with E-state index >= 15 is 0 Å². The van der Waals surface area contributed by atoms with Gasteiger partial charge in [-0.1, -0.05) is 6.07 Å². The summed E-state index contributed by atoms with van der Waals surface area (Å²) in [6, 6.07) is 8.28. The highest BCUT2D eigenvalue weighted by Gasteiger charge is 2.16. The predicted octanol–water partition coefficient (Wildman–Crippen LogP) is 2.80. The van der Waals surface area contributed by atoms with E-state index in [1.54, 1.807) is 32.4 Å². The first kappa shape index (κ1) is 13.2. The molecule has 0 radical (unpaired) electrons. The Hall–Kier alpha value is -2.23. The largest absolute Gasteiger partial charge is 0.337 e. The topological polar surface area (TPSA) is 33.2 Å². The van der Waals surface area contributed by atoms with Crippen molar-refractivity contribution in [2.45, 2.75) is 13.5 Å². The lowest BCUT2D eigenvalue weighted by molar-refractivity contribution is 0.0780. The van der Waals surface area contributed by atoms with Gasteiger partial charge in [0.15, 0.2) is 0 Å². The Kier molecular flexibility index (Phi) is 3.90. The summed E-state index contributed by atoms with van der Waals surface area (Å²) in [6.07, 6.45) is 3.33. The number of rotatable bonds is 3. The van der Waals surface area contributed by atoms with Crippen molar-refractivity contribution in [3.8, 4) is 0 Å². The SMILES string of the molecule is Cc1ccc(C(=O)N(C)Cc2ccncc2)c(F)c1. The number of hydrogen-bond acceptors (Lipinski definition) is 2. The van der Waals surface area contributed by atoms with Crippen LogP contribution in [-0.4, -0.2) is 22.8 Å². The Morgan fingerprint density at radius 2 is 1.95 bits per heavy atom. The van der Waals surface area contributed by atoms with Crippen molar-refractivity contribution in [2.24, 2.45) is 0 Å². The molecule has 0 spiro atoms. The van der Waals surface area contributed by atoms with Crippen LogP contribution >= 0.6 is 0 Å². The molecule has 0 saturated carbocycles. The van der Waals surface area contributed by atoms with Crippen LogP contribution in [0.15, 0.2) is 42.7 Å². The van der Waals surface area contributed by atoms with Crippen LogP contribution in [0.3, 0.4) is 0 Å². The van der Waals surface area contributed by atoms with E-state index in [9.17, 15) is 9.18 Å². The number of benzene rings is 1. The van der Waals surface area contributed by atoms with E-state index in [1.165, 1.54) is 17.0 Å². The summed E-state index contributed by atoms with van der Waals surface area (Å²) in [6.45, 7) is 2.21. The van der Waals surface area contributed by atoms with E-state index in [0.717, 1.165) is 11.1 Å². The lowest BCUT2D eigenvalue weighted by atomic mass is 10.1. The molecule has 98 valence electrons. The summed E-state index contributed by atoms with van der Waals surface area (Å²) >= 11 is 0. The zero-order valence-corrected chi connectivity index (χ0v) is 10.9. The van der Waals surface area contributed by atoms with Gasteiger partial charge in [0.2, 0.25) is 0 Å². The molecular weight excluding hydrogens is 243 g/mol. The van der Waals surface area contributed by atoms with Crippen LogP contribution in [0.1, 0.15) is 21.5 Å². The number of halogens is 1. The van der Waals surface area contributed by atoms with Crippen LogP contribution in [0.25, 0.3) is 0 Å². The van der Waals surface area contributed by atoms with E-state index in [1.807, 2.05) is 12.1 Å². The zero-order chi connectivity index (χ0) is 13.8. The Morgan fingerprint density at radius 3 is 2.58 bits per heavy atom. The second-order valence-electron chi connectivity index (χ2n) is 4.50. The molecule has 0 N–H and O–H groups in total. The lowest BCUT2D eigenvalue weighted by Gasteiger charge is -2.17. The van der Waals surface area contributed by atoms with Crippen molar-refractivity contribution in [2.75, 3.05) is 7.05 Å². The zero-order valence-electron chi connectivity index (χ0n) is 10.9. The molecule has 4 heteroatoms. The van der Waals surface area contributed by atoms with Crippen molar-refractivity contribution in [3.63, 3.8) is 0 Å². The average molecular weight is 258 g/mol. The Bertz CT molecular complexity index is 584. The fourth-order valence-electron chi connectivity index (χ4n) is 1.83. The monoisotopic (exact) mass is 258 g/mol. The molecule has 0 aliphatic heterocycles. The number of carbonyl (C=O) groups excluding carboxylic acids is 1. The molecule has 0 bridgehead atoms. The number of hydrogen-bond donors (Lipinski definition) is 0. The first-order chi connectivity index (χ1) is 9.08. The van der Waals surface area contributed by atoms with Gasteiger partial charge >= 0.3 is 0 Å². The van der Waals surface area contributed by atoms with Gasteiger partial charge in [0.1, 0.15) is 5.82 Å². The van der Waals surface area contributed by atoms with Gasteiger partial charge in [-0.15, -0.1) is 0 Å². The number of amides is 1. The van der Waals surface area contributed by atoms with Gasteiger partial charge in [-0.25, -0.2) is 4.39 Å². The minimum absolute atomic E-state index is 0.0992. The molecule has 2 rings (SSSR count). The second-order valence-corrected chi connectivity index (χ2v) is 4.50. The molecular formula is C15H15FN2O. The van der Waals surface area contributed by atoms with Crippen LogP contribution in [-0.2, 0) is 6.54 Å². The van der Waals surface area contributed by atoms with Crippen molar-refractivity contribution in [1.29, 1.82) is 0 Å². The molecule has 1 aromatic heterocycles. The lowest BCUT2D eigenvalue weighted by Crippen LogP contribution is -2.27. The minimum Gasteiger partial charge on any atom is -0.337 e. The molecule has 0 unspecified atom stereocenters. The van der Waals surface area contributed by atoms with E-state index in [0.29, 0.717) is 6.54 Å². The Labute approximate surface area is 111 Å². The van der Waals surface area contributed by atoms with Gasteiger partial charge in [-0.05, 0) is 42.3 Å². The first-order valence-electron chi connectivity index (χ1n) is 5.98. The number of aryl methyl sites for hydroxylation is 1. The maximum atomic E-state index is 13.7. The van der Waals surface area contributed by atoms with Crippen LogP contribution in [0.4, 0.5) is 4.39 Å². The normalized spacial score (nSPS) is 10.3. The molecule has 2 aromatic rings. The van der Waals surface area contributed by atoms with Crippen molar-refractivity contribution < 1.29 is 9.18 Å². The van der Waals surface area contributed by atoms with Gasteiger partial charge < -0.3 is 4.90 Å². The molecule has 0 fully saturated rings. The highest BCUT2D eigenvalue weighted by atomic mass is 19.1. The van der Waals surface area contributed by atoms with Crippen molar-refractivity contribution in [1.82, 2.24) is 9.88 Å². The van der Waals surface area contributed by atoms with E-state index < -0.39 is 5.82 Å². The molecule has 0 aliphatic rings. The van der Waals surface area contributed by atoms with Crippen LogP contribution in [0, 0.1) is 12.7 Å². The van der Waals surface area contributed by atoms with Crippen LogP contribution in [0.2, 0.25) is 0 Å². The van der Waals surface area contributed by atoms with E-state index in [-0.39, 0.29) is 11.5 Å². The van der Waals surface area contributed by atoms with E-state index in [2.05, 4.69) is 4.98 Å². The number of pyridine rings is 1. The molecule has 1 amide bonds. The van der Waals surface area contributed by atoms with E-state index in [4.69, 9.17) is 0 Å². The summed E-state index contributed by atoms with van der Waals surface area (Å²) in [7, 11) is 1.65. The third kappa shape index (κ3) is 3.16. The molecule has 1 aromatic carbocycles. The summed E-state index contributed by atoms with van der Waals surface area (Å²) < 4.78 is 13.7. The fraction of sp³-hybridized carbons (Fsp3) is 0.200. The summed E-state index contributed by atoms with van der Waals surface area (Å²) in [5, 5.41) is 0. The summed E-state index contributed by atoms with van der Waals surface area (Å²) in [5.74, 6) is -0.805. The second kappa shape index (κ2) is 5.61. The van der Waals surface area contributed by atoms with Crippen molar-refractivity contribution >= 4 is 5.91 Å². The minimum atomic E-state index is -0.480. The molecule has 19 heavy (non-hydrogen) atoms. The smallest absolute Gasteiger partial charge is 0.256 e. The van der Waals surface area contributed by atoms with Gasteiger partial charge in [0.25, 0.3) is 5.91 Å². The van der Waals surface area contributed by atoms with Gasteiger partial charge in [-0.2, -0.15) is 0 Å².